The van der Waals surface area contributed by atoms with Crippen molar-refractivity contribution in [3.63, 3.8) is 0 Å². The maximum atomic E-state index is 13.0. The lowest BCUT2D eigenvalue weighted by molar-refractivity contribution is -0.385. The number of phenolic OH excluding ortho intramolecular Hbond substituents is 1. The number of imide groups is 2. The predicted molar refractivity (Wildman–Crippen MR) is 111 cm³/mol. The zero-order valence-corrected chi connectivity index (χ0v) is 16.9. The minimum Gasteiger partial charge on any atom is -0.504 e. The van der Waals surface area contributed by atoms with Crippen LogP contribution in [0.4, 0.5) is 16.2 Å². The summed E-state index contributed by atoms with van der Waals surface area (Å²) in [5.41, 5.74) is 0.155. The van der Waals surface area contributed by atoms with Crippen molar-refractivity contribution in [1.82, 2.24) is 5.32 Å². The highest BCUT2D eigenvalue weighted by Crippen LogP contribution is 2.36. The van der Waals surface area contributed by atoms with Crippen LogP contribution < -0.4 is 15.0 Å². The van der Waals surface area contributed by atoms with Crippen LogP contribution in [0.5, 0.6) is 11.5 Å². The van der Waals surface area contributed by atoms with Crippen molar-refractivity contribution in [1.29, 1.82) is 0 Å². The number of aromatic hydroxyl groups is 1. The molecule has 0 spiro atoms. The first kappa shape index (κ1) is 21.5. The Kier molecular flexibility index (Phi) is 5.73. The number of hydrogen-bond donors (Lipinski definition) is 2. The van der Waals surface area contributed by atoms with Crippen molar-refractivity contribution in [2.24, 2.45) is 0 Å². The van der Waals surface area contributed by atoms with E-state index < -0.39 is 39.8 Å². The number of nitrogens with zero attached hydrogens (tertiary/aromatic N) is 2. The molecule has 2 aromatic carbocycles. The number of anilines is 1. The molecule has 0 radical (unpaired) electrons. The number of carbonyl (C=O) groups is 3. The summed E-state index contributed by atoms with van der Waals surface area (Å²) in [6.45, 7) is 3.99. The van der Waals surface area contributed by atoms with Crippen LogP contribution >= 0.6 is 0 Å². The fourth-order valence-corrected chi connectivity index (χ4v) is 3.04. The molecule has 160 valence electrons. The van der Waals surface area contributed by atoms with Crippen molar-refractivity contribution in [3.8, 4) is 11.5 Å². The second-order valence-electron chi connectivity index (χ2n) is 7.05. The zero-order valence-electron chi connectivity index (χ0n) is 16.9. The van der Waals surface area contributed by atoms with E-state index in [1.165, 1.54) is 7.11 Å². The Hall–Kier alpha value is -4.21. The van der Waals surface area contributed by atoms with Crippen LogP contribution in [-0.4, -0.2) is 35.0 Å². The molecule has 0 atom stereocenters. The van der Waals surface area contributed by atoms with Crippen LogP contribution in [-0.2, 0) is 9.59 Å². The van der Waals surface area contributed by atoms with Gasteiger partial charge in [-0.2, -0.15) is 0 Å². The first-order valence-corrected chi connectivity index (χ1v) is 9.20. The molecule has 0 aliphatic carbocycles. The number of nitro groups is 1. The van der Waals surface area contributed by atoms with Gasteiger partial charge in [-0.05, 0) is 29.7 Å². The molecule has 1 aliphatic rings. The van der Waals surface area contributed by atoms with Crippen LogP contribution in [0.2, 0.25) is 0 Å². The number of non-ortho nitro benzene ring substituents is 1. The van der Waals surface area contributed by atoms with E-state index in [1.807, 2.05) is 13.8 Å². The predicted octanol–water partition coefficient (Wildman–Crippen LogP) is 3.10. The number of nitro benzene ring substituents is 1. The number of methoxy groups -OCH3 is 1. The molecule has 0 saturated carbocycles. The molecule has 1 aliphatic heterocycles. The van der Waals surface area contributed by atoms with Gasteiger partial charge >= 0.3 is 6.03 Å². The highest BCUT2D eigenvalue weighted by molar-refractivity contribution is 6.39. The number of rotatable bonds is 5. The summed E-state index contributed by atoms with van der Waals surface area (Å²) in [5.74, 6) is -2.39. The highest BCUT2D eigenvalue weighted by Gasteiger charge is 2.37. The molecule has 0 aromatic heterocycles. The summed E-state index contributed by atoms with van der Waals surface area (Å²) < 4.78 is 4.92. The average Bonchev–Trinajstić information content (AvgIpc) is 2.72. The SMILES string of the molecule is COc1cc([N+](=O)[O-])cc(/C=C2\C(=O)NC(=O)N(c3ccc(C(C)C)cc3)C2=O)c1O. The Morgan fingerprint density at radius 1 is 1.16 bits per heavy atom. The Labute approximate surface area is 176 Å². The summed E-state index contributed by atoms with van der Waals surface area (Å²) in [7, 11) is 1.20. The van der Waals surface area contributed by atoms with Gasteiger partial charge in [0, 0.05) is 11.6 Å². The van der Waals surface area contributed by atoms with Crippen molar-refractivity contribution in [2.75, 3.05) is 12.0 Å². The van der Waals surface area contributed by atoms with Crippen LogP contribution in [0.25, 0.3) is 6.08 Å². The lowest BCUT2D eigenvalue weighted by atomic mass is 10.0. The normalized spacial score (nSPS) is 15.4. The van der Waals surface area contributed by atoms with Crippen molar-refractivity contribution >= 4 is 35.3 Å². The zero-order chi connectivity index (χ0) is 22.9. The molecule has 10 heteroatoms. The molecule has 0 unspecified atom stereocenters. The average molecular weight is 425 g/mol. The number of benzene rings is 2. The van der Waals surface area contributed by atoms with Crippen LogP contribution in [0.1, 0.15) is 30.9 Å². The van der Waals surface area contributed by atoms with E-state index >= 15 is 0 Å². The second-order valence-corrected chi connectivity index (χ2v) is 7.05. The standard InChI is InChI=1S/C21H19N3O7/c1-11(2)12-4-6-14(7-5-12)23-20(27)16(19(26)22-21(23)28)9-13-8-15(24(29)30)10-17(31-3)18(13)25/h4-11,25H,1-3H3,(H,22,26,28)/b16-9+. The number of amides is 4. The molecule has 2 aromatic rings. The van der Waals surface area contributed by atoms with Gasteiger partial charge in [-0.3, -0.25) is 25.0 Å². The molecule has 1 heterocycles. The minimum atomic E-state index is -0.991. The third kappa shape index (κ3) is 4.08. The van der Waals surface area contributed by atoms with Crippen molar-refractivity contribution < 1.29 is 29.2 Å². The number of phenols is 1. The summed E-state index contributed by atoms with van der Waals surface area (Å²) in [6, 6.07) is 7.75. The molecule has 1 fully saturated rings. The highest BCUT2D eigenvalue weighted by atomic mass is 16.6. The van der Waals surface area contributed by atoms with Gasteiger partial charge in [-0.15, -0.1) is 0 Å². The molecule has 4 amide bonds. The lowest BCUT2D eigenvalue weighted by Crippen LogP contribution is -2.54. The fourth-order valence-electron chi connectivity index (χ4n) is 3.04. The molecule has 10 nitrogen and oxygen atoms in total. The third-order valence-corrected chi connectivity index (χ3v) is 4.74. The Balaban J connectivity index is 2.07. The van der Waals surface area contributed by atoms with E-state index in [0.29, 0.717) is 0 Å². The molecule has 3 rings (SSSR count). The number of barbiturate groups is 1. The lowest BCUT2D eigenvalue weighted by Gasteiger charge is -2.26. The summed E-state index contributed by atoms with van der Waals surface area (Å²) in [6.07, 6.45) is 0.977. The van der Waals surface area contributed by atoms with Gasteiger partial charge in [-0.1, -0.05) is 26.0 Å². The van der Waals surface area contributed by atoms with Gasteiger partial charge in [0.25, 0.3) is 17.5 Å². The monoisotopic (exact) mass is 425 g/mol. The minimum absolute atomic E-state index is 0.186. The number of carbonyl (C=O) groups excluding carboxylic acids is 3. The van der Waals surface area contributed by atoms with Gasteiger partial charge in [-0.25, -0.2) is 9.69 Å². The van der Waals surface area contributed by atoms with E-state index in [9.17, 15) is 29.6 Å². The maximum absolute atomic E-state index is 13.0. The molecular weight excluding hydrogens is 406 g/mol. The van der Waals surface area contributed by atoms with E-state index in [0.717, 1.165) is 28.7 Å². The van der Waals surface area contributed by atoms with Gasteiger partial charge in [0.15, 0.2) is 11.5 Å². The van der Waals surface area contributed by atoms with E-state index in [4.69, 9.17) is 4.74 Å². The topological polar surface area (TPSA) is 139 Å². The molecule has 31 heavy (non-hydrogen) atoms. The number of nitrogens with one attached hydrogen (secondary N) is 1. The van der Waals surface area contributed by atoms with Crippen molar-refractivity contribution in [3.05, 3.63) is 63.2 Å². The smallest absolute Gasteiger partial charge is 0.335 e. The fraction of sp³-hybridized carbons (Fsp3) is 0.190. The van der Waals surface area contributed by atoms with Gasteiger partial charge < -0.3 is 9.84 Å². The first-order valence-electron chi connectivity index (χ1n) is 9.20. The summed E-state index contributed by atoms with van der Waals surface area (Å²) >= 11 is 0. The molecule has 1 saturated heterocycles. The third-order valence-electron chi connectivity index (χ3n) is 4.74. The number of hydrogen-bond acceptors (Lipinski definition) is 7. The summed E-state index contributed by atoms with van der Waals surface area (Å²) in [4.78, 5) is 48.9. The van der Waals surface area contributed by atoms with Gasteiger partial charge in [0.1, 0.15) is 5.57 Å². The van der Waals surface area contributed by atoms with Crippen LogP contribution in [0, 0.1) is 10.1 Å². The Morgan fingerprint density at radius 2 is 1.81 bits per heavy atom. The molecule has 2 N–H and O–H groups in total. The Morgan fingerprint density at radius 3 is 2.35 bits per heavy atom. The van der Waals surface area contributed by atoms with E-state index in [2.05, 4.69) is 5.32 Å². The second kappa shape index (κ2) is 8.27. The van der Waals surface area contributed by atoms with E-state index in [1.54, 1.807) is 24.3 Å². The van der Waals surface area contributed by atoms with Crippen LogP contribution in [0.15, 0.2) is 42.0 Å². The summed E-state index contributed by atoms with van der Waals surface area (Å²) in [5, 5.41) is 23.5. The first-order chi connectivity index (χ1) is 14.6. The van der Waals surface area contributed by atoms with E-state index in [-0.39, 0.29) is 22.9 Å². The van der Waals surface area contributed by atoms with Crippen LogP contribution in [0.3, 0.4) is 0 Å². The largest absolute Gasteiger partial charge is 0.504 e. The Bertz CT molecular complexity index is 1120. The number of ether oxygens (including phenoxy) is 1. The molecular formula is C21H19N3O7. The van der Waals surface area contributed by atoms with Gasteiger partial charge in [0.05, 0.1) is 23.8 Å². The maximum Gasteiger partial charge on any atom is 0.335 e. The number of urea groups is 1. The molecule has 0 bridgehead atoms. The van der Waals surface area contributed by atoms with Crippen molar-refractivity contribution in [2.45, 2.75) is 19.8 Å². The quantitative estimate of drug-likeness (QED) is 0.325. The van der Waals surface area contributed by atoms with Gasteiger partial charge in [0.2, 0.25) is 0 Å².